The van der Waals surface area contributed by atoms with Gasteiger partial charge in [0.2, 0.25) is 0 Å². The van der Waals surface area contributed by atoms with E-state index in [0.717, 1.165) is 34.5 Å². The Labute approximate surface area is 180 Å². The Morgan fingerprint density at radius 1 is 1.10 bits per heavy atom. The van der Waals surface area contributed by atoms with Gasteiger partial charge in [-0.05, 0) is 31.2 Å². The van der Waals surface area contributed by atoms with Gasteiger partial charge in [0, 0.05) is 17.5 Å². The van der Waals surface area contributed by atoms with Crippen LogP contribution in [0.3, 0.4) is 0 Å². The molecule has 0 unspecified atom stereocenters. The Morgan fingerprint density at radius 2 is 1.93 bits per heavy atom. The molecule has 2 aromatic carbocycles. The largest absolute Gasteiger partial charge is 0.482 e. The summed E-state index contributed by atoms with van der Waals surface area (Å²) in [7, 11) is 0. The fourth-order valence-electron chi connectivity index (χ4n) is 3.15. The van der Waals surface area contributed by atoms with Gasteiger partial charge in [0.25, 0.3) is 5.91 Å². The molecule has 1 amide bonds. The summed E-state index contributed by atoms with van der Waals surface area (Å²) in [6.07, 6.45) is 2.38. The number of rotatable bonds is 6. The second-order valence-electron chi connectivity index (χ2n) is 6.61. The Bertz CT molecular complexity index is 1180. The van der Waals surface area contributed by atoms with Crippen LogP contribution in [0.5, 0.6) is 5.75 Å². The summed E-state index contributed by atoms with van der Waals surface area (Å²) >= 11 is 0. The van der Waals surface area contributed by atoms with Crippen LogP contribution in [0.25, 0.3) is 16.6 Å². The maximum absolute atomic E-state index is 12.5. The Balaban J connectivity index is 0.00000256. The maximum Gasteiger partial charge on any atom is 0.262 e. The average molecular weight is 424 g/mol. The number of ether oxygens (including phenoxy) is 1. The van der Waals surface area contributed by atoms with Gasteiger partial charge in [-0.1, -0.05) is 37.3 Å². The number of nitrogens with one attached hydrogen (secondary N) is 1. The molecule has 8 heteroatoms. The predicted octanol–water partition coefficient (Wildman–Crippen LogP) is 4.13. The van der Waals surface area contributed by atoms with Gasteiger partial charge >= 0.3 is 0 Å². The van der Waals surface area contributed by atoms with Crippen molar-refractivity contribution < 1.29 is 9.53 Å². The number of carbonyl (C=O) groups excluding carboxylic acids is 1. The van der Waals surface area contributed by atoms with Gasteiger partial charge in [-0.3, -0.25) is 14.3 Å². The molecular weight excluding hydrogens is 402 g/mol. The first-order chi connectivity index (χ1) is 14.2. The minimum atomic E-state index is -0.255. The molecule has 1 N–H and O–H groups in total. The highest BCUT2D eigenvalue weighted by molar-refractivity contribution is 6.00. The predicted molar refractivity (Wildman–Crippen MR) is 119 cm³/mol. The van der Waals surface area contributed by atoms with E-state index in [4.69, 9.17) is 4.74 Å². The van der Waals surface area contributed by atoms with Crippen molar-refractivity contribution >= 4 is 34.9 Å². The van der Waals surface area contributed by atoms with Gasteiger partial charge < -0.3 is 10.1 Å². The third kappa shape index (κ3) is 4.41. The fraction of sp³-hybridized carbons (Fsp3) is 0.182. The van der Waals surface area contributed by atoms with E-state index in [1.54, 1.807) is 6.33 Å². The quantitative estimate of drug-likeness (QED) is 0.504. The number of hydrogen-bond acceptors (Lipinski definition) is 5. The molecule has 0 spiro atoms. The molecule has 2 heterocycles. The fourth-order valence-corrected chi connectivity index (χ4v) is 3.15. The molecular formula is C22H22ClN5O2. The van der Waals surface area contributed by atoms with Crippen LogP contribution in [0, 0.1) is 6.92 Å². The van der Waals surface area contributed by atoms with E-state index >= 15 is 0 Å². The van der Waals surface area contributed by atoms with Crippen molar-refractivity contribution in [2.24, 2.45) is 0 Å². The van der Waals surface area contributed by atoms with Crippen molar-refractivity contribution in [3.05, 3.63) is 72.4 Å². The van der Waals surface area contributed by atoms with Crippen molar-refractivity contribution in [2.45, 2.75) is 20.3 Å². The first-order valence-electron chi connectivity index (χ1n) is 9.43. The van der Waals surface area contributed by atoms with E-state index in [1.807, 2.05) is 73.0 Å². The van der Waals surface area contributed by atoms with Crippen LogP contribution in [-0.4, -0.2) is 32.3 Å². The van der Waals surface area contributed by atoms with Crippen LogP contribution in [0.2, 0.25) is 0 Å². The van der Waals surface area contributed by atoms with Crippen molar-refractivity contribution in [3.63, 3.8) is 0 Å². The molecule has 0 saturated heterocycles. The Kier molecular flexibility index (Phi) is 6.64. The summed E-state index contributed by atoms with van der Waals surface area (Å²) in [5.74, 6) is 1.15. The summed E-state index contributed by atoms with van der Waals surface area (Å²) < 4.78 is 7.69. The van der Waals surface area contributed by atoms with E-state index < -0.39 is 0 Å². The topological polar surface area (TPSA) is 81.9 Å². The first-order valence-corrected chi connectivity index (χ1v) is 9.43. The summed E-state index contributed by atoms with van der Waals surface area (Å²) in [5.41, 5.74) is 3.12. The number of aromatic nitrogens is 4. The number of nitrogens with zero attached hydrogens (tertiary/aromatic N) is 4. The van der Waals surface area contributed by atoms with E-state index in [0.29, 0.717) is 11.4 Å². The first kappa shape index (κ1) is 21.3. The van der Waals surface area contributed by atoms with Crippen LogP contribution in [0.15, 0.2) is 60.9 Å². The van der Waals surface area contributed by atoms with Gasteiger partial charge in [-0.25, -0.2) is 0 Å². The molecule has 154 valence electrons. The summed E-state index contributed by atoms with van der Waals surface area (Å²) in [4.78, 5) is 17.1. The number of anilines is 1. The highest BCUT2D eigenvalue weighted by Crippen LogP contribution is 2.24. The normalized spacial score (nSPS) is 10.5. The number of benzene rings is 2. The minimum absolute atomic E-state index is 0. The van der Waals surface area contributed by atoms with E-state index in [9.17, 15) is 4.79 Å². The number of halogens is 1. The highest BCUT2D eigenvalue weighted by atomic mass is 35.5. The number of fused-ring (bicyclic) bond motifs is 1. The molecule has 0 aliphatic heterocycles. The van der Waals surface area contributed by atoms with Crippen LogP contribution in [0.4, 0.5) is 5.69 Å². The molecule has 0 radical (unpaired) electrons. The van der Waals surface area contributed by atoms with Crippen LogP contribution >= 0.6 is 12.4 Å². The number of pyridine rings is 1. The molecule has 0 saturated carbocycles. The van der Waals surface area contributed by atoms with Gasteiger partial charge in [-0.15, -0.1) is 22.6 Å². The highest BCUT2D eigenvalue weighted by Gasteiger charge is 2.12. The summed E-state index contributed by atoms with van der Waals surface area (Å²) in [6.45, 7) is 3.81. The molecule has 0 aliphatic rings. The van der Waals surface area contributed by atoms with E-state index in [-0.39, 0.29) is 24.9 Å². The lowest BCUT2D eigenvalue weighted by molar-refractivity contribution is -0.118. The van der Waals surface area contributed by atoms with Gasteiger partial charge in [-0.2, -0.15) is 0 Å². The molecule has 0 fully saturated rings. The number of carbonyl (C=O) groups is 1. The number of amides is 1. The zero-order chi connectivity index (χ0) is 20.2. The molecule has 30 heavy (non-hydrogen) atoms. The standard InChI is InChI=1S/C22H21N5O2.ClH/c1-3-20-26-23-14-27(20)18-9-4-5-10-19(18)29-13-21(28)25-17-8-6-7-16-12-11-15(2)24-22(16)17;/h4-12,14H,3,13H2,1-2H3,(H,25,28);1H. The minimum Gasteiger partial charge on any atom is -0.482 e. The SMILES string of the molecule is CCc1nncn1-c1ccccc1OCC(=O)Nc1cccc2ccc(C)nc12.Cl. The molecule has 0 bridgehead atoms. The molecule has 0 atom stereocenters. The maximum atomic E-state index is 12.5. The lowest BCUT2D eigenvalue weighted by Crippen LogP contribution is -2.21. The second-order valence-corrected chi connectivity index (χ2v) is 6.61. The van der Waals surface area contributed by atoms with Crippen LogP contribution in [0.1, 0.15) is 18.4 Å². The van der Waals surface area contributed by atoms with Crippen molar-refractivity contribution in [1.29, 1.82) is 0 Å². The van der Waals surface area contributed by atoms with E-state index in [1.165, 1.54) is 0 Å². The second kappa shape index (κ2) is 9.37. The third-order valence-electron chi connectivity index (χ3n) is 4.55. The molecule has 4 aromatic rings. The van der Waals surface area contributed by atoms with Crippen LogP contribution in [-0.2, 0) is 11.2 Å². The lowest BCUT2D eigenvalue weighted by atomic mass is 10.1. The Hall–Kier alpha value is -3.45. The molecule has 4 rings (SSSR count). The summed E-state index contributed by atoms with van der Waals surface area (Å²) in [5, 5.41) is 12.0. The van der Waals surface area contributed by atoms with Crippen molar-refractivity contribution in [1.82, 2.24) is 19.7 Å². The number of hydrogen-bond donors (Lipinski definition) is 1. The monoisotopic (exact) mass is 423 g/mol. The molecule has 0 aliphatic carbocycles. The van der Waals surface area contributed by atoms with Crippen molar-refractivity contribution in [2.75, 3.05) is 11.9 Å². The van der Waals surface area contributed by atoms with E-state index in [2.05, 4.69) is 20.5 Å². The zero-order valence-electron chi connectivity index (χ0n) is 16.7. The van der Waals surface area contributed by atoms with Gasteiger partial charge in [0.05, 0.1) is 16.9 Å². The lowest BCUT2D eigenvalue weighted by Gasteiger charge is -2.13. The van der Waals surface area contributed by atoms with Crippen molar-refractivity contribution in [3.8, 4) is 11.4 Å². The molecule has 2 aromatic heterocycles. The average Bonchev–Trinajstić information content (AvgIpc) is 3.21. The van der Waals surface area contributed by atoms with Gasteiger partial charge in [0.1, 0.15) is 17.9 Å². The van der Waals surface area contributed by atoms with Gasteiger partial charge in [0.15, 0.2) is 6.61 Å². The number of aryl methyl sites for hydroxylation is 2. The third-order valence-corrected chi connectivity index (χ3v) is 4.55. The smallest absolute Gasteiger partial charge is 0.262 e. The molecule has 7 nitrogen and oxygen atoms in total. The number of para-hydroxylation sites is 3. The van der Waals surface area contributed by atoms with Crippen LogP contribution < -0.4 is 10.1 Å². The zero-order valence-corrected chi connectivity index (χ0v) is 17.5. The summed E-state index contributed by atoms with van der Waals surface area (Å²) in [6, 6.07) is 17.1. The Morgan fingerprint density at radius 3 is 2.77 bits per heavy atom.